The van der Waals surface area contributed by atoms with Crippen LogP contribution in [-0.4, -0.2) is 35.2 Å². The predicted octanol–water partition coefficient (Wildman–Crippen LogP) is 10.2. The molecule has 3 unspecified atom stereocenters. The summed E-state index contributed by atoms with van der Waals surface area (Å²) in [6, 6.07) is 11.8. The second-order valence-corrected chi connectivity index (χ2v) is 11.8. The lowest BCUT2D eigenvalue weighted by Gasteiger charge is -2.31. The van der Waals surface area contributed by atoms with Crippen molar-refractivity contribution < 1.29 is 28.2 Å². The molecule has 0 saturated carbocycles. The molecule has 234 valence electrons. The van der Waals surface area contributed by atoms with Crippen molar-refractivity contribution >= 4 is 17.3 Å². The summed E-state index contributed by atoms with van der Waals surface area (Å²) in [5.41, 5.74) is 0.328. The highest BCUT2D eigenvalue weighted by molar-refractivity contribution is 5.98. The Morgan fingerprint density at radius 3 is 2.16 bits per heavy atom. The van der Waals surface area contributed by atoms with Gasteiger partial charge in [0.05, 0.1) is 5.56 Å². The number of carbonyl (C=O) groups excluding carboxylic acids is 1. The first-order valence-corrected chi connectivity index (χ1v) is 16.1. The van der Waals surface area contributed by atoms with Crippen molar-refractivity contribution in [2.75, 3.05) is 6.61 Å². The lowest BCUT2D eigenvalue weighted by atomic mass is 9.85. The van der Waals surface area contributed by atoms with Crippen LogP contribution in [0.3, 0.4) is 0 Å². The van der Waals surface area contributed by atoms with Crippen molar-refractivity contribution in [3.8, 4) is 11.1 Å². The number of ether oxygens (including phenoxy) is 1. The van der Waals surface area contributed by atoms with Gasteiger partial charge in [-0.3, -0.25) is 4.79 Å². The van der Waals surface area contributed by atoms with Crippen LogP contribution in [-0.2, 0) is 9.53 Å². The Labute approximate surface area is 256 Å². The van der Waals surface area contributed by atoms with E-state index in [0.717, 1.165) is 64.2 Å². The minimum absolute atomic E-state index is 0.0802. The standard InChI is InChI=1S/C37H48F2O4/c1-4-6-8-10-12-16-24-43-37(36(41)42)23-22-29(26-34(37)39)31-19-15-14-18-30(31)28-20-21-32(33(38)25-28)35(40)27(3)17-13-11-9-7-5-2/h14-15,18-23,25-27,34H,4-13,16-17,24H2,1-3H3,(H,41,42). The number of allylic oxidation sites excluding steroid dienone is 2. The molecular weight excluding hydrogens is 546 g/mol. The maximum atomic E-state index is 15.6. The summed E-state index contributed by atoms with van der Waals surface area (Å²) < 4.78 is 36.6. The van der Waals surface area contributed by atoms with Gasteiger partial charge in [-0.05, 0) is 59.4 Å². The molecule has 0 spiro atoms. The minimum Gasteiger partial charge on any atom is -0.479 e. The molecular formula is C37H48F2O4. The van der Waals surface area contributed by atoms with Gasteiger partial charge in [0.2, 0.25) is 5.60 Å². The largest absolute Gasteiger partial charge is 0.479 e. The number of benzene rings is 2. The number of ketones is 1. The highest BCUT2D eigenvalue weighted by Gasteiger charge is 2.47. The number of carbonyl (C=O) groups is 2. The summed E-state index contributed by atoms with van der Waals surface area (Å²) in [7, 11) is 0. The van der Waals surface area contributed by atoms with Gasteiger partial charge in [-0.1, -0.05) is 121 Å². The molecule has 4 nitrogen and oxygen atoms in total. The Morgan fingerprint density at radius 1 is 0.907 bits per heavy atom. The average molecular weight is 595 g/mol. The fourth-order valence-electron chi connectivity index (χ4n) is 5.64. The number of rotatable bonds is 19. The zero-order valence-corrected chi connectivity index (χ0v) is 26.0. The second kappa shape index (κ2) is 17.2. The Morgan fingerprint density at radius 2 is 1.53 bits per heavy atom. The van der Waals surface area contributed by atoms with Crippen LogP contribution in [0.5, 0.6) is 0 Å². The lowest BCUT2D eigenvalue weighted by molar-refractivity contribution is -0.165. The van der Waals surface area contributed by atoms with Crippen LogP contribution in [0.15, 0.2) is 60.7 Å². The third kappa shape index (κ3) is 9.18. The number of unbranched alkanes of at least 4 members (excludes halogenated alkanes) is 9. The summed E-state index contributed by atoms with van der Waals surface area (Å²) in [4.78, 5) is 25.2. The van der Waals surface area contributed by atoms with E-state index in [1.54, 1.807) is 30.3 Å². The number of hydrogen-bond donors (Lipinski definition) is 1. The summed E-state index contributed by atoms with van der Waals surface area (Å²) in [5, 5.41) is 9.93. The van der Waals surface area contributed by atoms with Crippen LogP contribution in [0.25, 0.3) is 16.7 Å². The molecule has 1 aliphatic carbocycles. The van der Waals surface area contributed by atoms with E-state index in [0.29, 0.717) is 28.7 Å². The van der Waals surface area contributed by atoms with E-state index in [1.165, 1.54) is 30.7 Å². The van der Waals surface area contributed by atoms with Crippen LogP contribution in [0, 0.1) is 11.7 Å². The molecule has 1 N–H and O–H groups in total. The van der Waals surface area contributed by atoms with E-state index in [2.05, 4.69) is 13.8 Å². The fraction of sp³-hybridized carbons (Fsp3) is 0.514. The van der Waals surface area contributed by atoms with E-state index in [4.69, 9.17) is 4.74 Å². The van der Waals surface area contributed by atoms with Crippen molar-refractivity contribution in [3.63, 3.8) is 0 Å². The van der Waals surface area contributed by atoms with Gasteiger partial charge in [0.15, 0.2) is 12.0 Å². The van der Waals surface area contributed by atoms with Gasteiger partial charge in [0, 0.05) is 12.5 Å². The van der Waals surface area contributed by atoms with Crippen LogP contribution in [0.2, 0.25) is 0 Å². The third-order valence-corrected chi connectivity index (χ3v) is 8.39. The smallest absolute Gasteiger partial charge is 0.343 e. The van der Waals surface area contributed by atoms with Crippen LogP contribution < -0.4 is 0 Å². The van der Waals surface area contributed by atoms with Gasteiger partial charge >= 0.3 is 5.97 Å². The summed E-state index contributed by atoms with van der Waals surface area (Å²) in [6.45, 7) is 6.32. The normalized spacial score (nSPS) is 18.8. The number of aliphatic carboxylic acids is 1. The van der Waals surface area contributed by atoms with Gasteiger partial charge in [-0.2, -0.15) is 0 Å². The van der Waals surface area contributed by atoms with Crippen molar-refractivity contribution in [2.45, 2.75) is 110 Å². The van der Waals surface area contributed by atoms with Crippen molar-refractivity contribution in [2.24, 2.45) is 5.92 Å². The van der Waals surface area contributed by atoms with Gasteiger partial charge in [0.1, 0.15) is 5.82 Å². The Bertz CT molecular complexity index is 1270. The first-order chi connectivity index (χ1) is 20.7. The first kappa shape index (κ1) is 34.4. The number of alkyl halides is 1. The van der Waals surface area contributed by atoms with Crippen molar-refractivity contribution in [1.29, 1.82) is 0 Å². The molecule has 3 rings (SSSR count). The molecule has 0 heterocycles. The number of carboxylic acids is 1. The molecule has 43 heavy (non-hydrogen) atoms. The molecule has 0 aliphatic heterocycles. The zero-order valence-electron chi connectivity index (χ0n) is 26.0. The Balaban J connectivity index is 1.74. The molecule has 0 aromatic heterocycles. The lowest BCUT2D eigenvalue weighted by Crippen LogP contribution is -2.49. The number of halogens is 2. The average Bonchev–Trinajstić information content (AvgIpc) is 3.00. The second-order valence-electron chi connectivity index (χ2n) is 11.8. The molecule has 0 saturated heterocycles. The Hall–Kier alpha value is -3.12. The third-order valence-electron chi connectivity index (χ3n) is 8.39. The van der Waals surface area contributed by atoms with E-state index >= 15 is 8.78 Å². The number of hydrogen-bond acceptors (Lipinski definition) is 3. The SMILES string of the molecule is CCCCCCCCOC1(C(=O)O)C=CC(c2ccccc2-c2ccc(C(=O)C(C)CCCCCCC)c(F)c2)=CC1F. The quantitative estimate of drug-likeness (QED) is 0.130. The summed E-state index contributed by atoms with van der Waals surface area (Å²) in [5.74, 6) is -2.41. The first-order valence-electron chi connectivity index (χ1n) is 16.1. The molecule has 0 bridgehead atoms. The van der Waals surface area contributed by atoms with Gasteiger partial charge in [0.25, 0.3) is 0 Å². The van der Waals surface area contributed by atoms with Gasteiger partial charge < -0.3 is 9.84 Å². The van der Waals surface area contributed by atoms with Gasteiger partial charge in [-0.15, -0.1) is 0 Å². The summed E-state index contributed by atoms with van der Waals surface area (Å²) >= 11 is 0. The molecule has 1 aliphatic rings. The molecule has 2 aromatic rings. The molecule has 6 heteroatoms. The van der Waals surface area contributed by atoms with E-state index in [-0.39, 0.29) is 23.9 Å². The molecule has 0 amide bonds. The van der Waals surface area contributed by atoms with Crippen LogP contribution in [0.1, 0.15) is 114 Å². The maximum absolute atomic E-state index is 15.6. The highest BCUT2D eigenvalue weighted by Crippen LogP contribution is 2.37. The van der Waals surface area contributed by atoms with Crippen molar-refractivity contribution in [3.05, 3.63) is 77.6 Å². The van der Waals surface area contributed by atoms with E-state index < -0.39 is 23.6 Å². The Kier molecular flexibility index (Phi) is 13.8. The van der Waals surface area contributed by atoms with E-state index in [9.17, 15) is 14.7 Å². The minimum atomic E-state index is -2.08. The fourth-order valence-corrected chi connectivity index (χ4v) is 5.64. The zero-order chi connectivity index (χ0) is 31.2. The monoisotopic (exact) mass is 594 g/mol. The van der Waals surface area contributed by atoms with Crippen molar-refractivity contribution in [1.82, 2.24) is 0 Å². The molecule has 2 aromatic carbocycles. The predicted molar refractivity (Wildman–Crippen MR) is 170 cm³/mol. The molecule has 0 radical (unpaired) electrons. The van der Waals surface area contributed by atoms with Crippen LogP contribution in [0.4, 0.5) is 8.78 Å². The summed E-state index contributed by atoms with van der Waals surface area (Å²) in [6.07, 6.45) is 14.5. The highest BCUT2D eigenvalue weighted by atomic mass is 19.1. The maximum Gasteiger partial charge on any atom is 0.343 e. The van der Waals surface area contributed by atoms with Crippen LogP contribution >= 0.6 is 0 Å². The molecule has 3 atom stereocenters. The van der Waals surface area contributed by atoms with Gasteiger partial charge in [-0.25, -0.2) is 13.6 Å². The number of Topliss-reactive ketones (excluding diaryl/α,β-unsaturated/α-hetero) is 1. The number of carboxylic acid groups (broad SMARTS) is 1. The molecule has 0 fully saturated rings. The van der Waals surface area contributed by atoms with E-state index in [1.807, 2.05) is 13.0 Å². The topological polar surface area (TPSA) is 63.6 Å².